The Labute approximate surface area is 176 Å². The molecule has 1 atom stereocenters. The Kier molecular flexibility index (Phi) is 5.88. The fourth-order valence-electron chi connectivity index (χ4n) is 4.82. The maximum atomic E-state index is 12.9. The number of likely N-dealkylation sites (tertiary alicyclic amines) is 1. The lowest BCUT2D eigenvalue weighted by Gasteiger charge is -2.33. The van der Waals surface area contributed by atoms with Crippen molar-refractivity contribution in [3.05, 3.63) is 34.9 Å². The minimum absolute atomic E-state index is 0.0642. The highest BCUT2D eigenvalue weighted by Crippen LogP contribution is 2.31. The Hall–Kier alpha value is -2.70. The average molecular weight is 412 g/mol. The third-order valence-electron chi connectivity index (χ3n) is 6.54. The first-order valence-electron chi connectivity index (χ1n) is 11.0. The Morgan fingerprint density at radius 2 is 1.67 bits per heavy atom. The van der Waals surface area contributed by atoms with Crippen LogP contribution in [0.25, 0.3) is 0 Å². The molecule has 1 saturated carbocycles. The van der Waals surface area contributed by atoms with Gasteiger partial charge in [-0.3, -0.25) is 19.3 Å². The Balaban J connectivity index is 1.42. The first kappa shape index (κ1) is 20.6. The highest BCUT2D eigenvalue weighted by atomic mass is 16.5. The van der Waals surface area contributed by atoms with Crippen LogP contribution in [0.4, 0.5) is 0 Å². The molecule has 160 valence electrons. The van der Waals surface area contributed by atoms with Crippen LogP contribution in [0.3, 0.4) is 0 Å². The molecule has 1 aliphatic carbocycles. The van der Waals surface area contributed by atoms with Crippen molar-refractivity contribution in [3.63, 3.8) is 0 Å². The van der Waals surface area contributed by atoms with Crippen LogP contribution in [0, 0.1) is 0 Å². The summed E-state index contributed by atoms with van der Waals surface area (Å²) in [5, 5.41) is 0. The summed E-state index contributed by atoms with van der Waals surface area (Å²) in [5.41, 5.74) is 0.760. The van der Waals surface area contributed by atoms with Crippen molar-refractivity contribution < 1.29 is 23.9 Å². The second kappa shape index (κ2) is 8.58. The molecule has 0 radical (unpaired) electrons. The highest BCUT2D eigenvalue weighted by Gasteiger charge is 2.40. The number of piperidine rings is 1. The van der Waals surface area contributed by atoms with Crippen molar-refractivity contribution >= 4 is 23.7 Å². The van der Waals surface area contributed by atoms with E-state index in [-0.39, 0.29) is 47.5 Å². The van der Waals surface area contributed by atoms with E-state index < -0.39 is 5.97 Å². The maximum absolute atomic E-state index is 12.9. The van der Waals surface area contributed by atoms with Gasteiger partial charge in [-0.1, -0.05) is 19.3 Å². The van der Waals surface area contributed by atoms with Gasteiger partial charge in [0, 0.05) is 18.6 Å². The molecule has 1 aromatic carbocycles. The molecule has 0 N–H and O–H groups in total. The molecule has 30 heavy (non-hydrogen) atoms. The lowest BCUT2D eigenvalue weighted by Crippen LogP contribution is -2.44. The summed E-state index contributed by atoms with van der Waals surface area (Å²) in [4.78, 5) is 53.6. The normalized spacial score (nSPS) is 22.2. The van der Waals surface area contributed by atoms with Crippen molar-refractivity contribution in [3.8, 4) is 0 Å². The van der Waals surface area contributed by atoms with E-state index in [0.29, 0.717) is 12.1 Å². The third-order valence-corrected chi connectivity index (χ3v) is 6.54. The van der Waals surface area contributed by atoms with E-state index >= 15 is 0 Å². The van der Waals surface area contributed by atoms with Crippen LogP contribution >= 0.6 is 0 Å². The molecule has 3 amide bonds. The first-order valence-corrected chi connectivity index (χ1v) is 11.0. The Morgan fingerprint density at radius 3 is 2.40 bits per heavy atom. The van der Waals surface area contributed by atoms with Crippen molar-refractivity contribution in [2.45, 2.75) is 70.4 Å². The summed E-state index contributed by atoms with van der Waals surface area (Å²) in [5.74, 6) is -1.48. The van der Waals surface area contributed by atoms with Gasteiger partial charge in [0.15, 0.2) is 6.61 Å². The zero-order valence-electron chi connectivity index (χ0n) is 17.4. The second-order valence-corrected chi connectivity index (χ2v) is 8.54. The van der Waals surface area contributed by atoms with E-state index in [9.17, 15) is 19.2 Å². The minimum atomic E-state index is -0.660. The molecule has 3 aliphatic rings. The molecule has 2 heterocycles. The van der Waals surface area contributed by atoms with Gasteiger partial charge in [-0.2, -0.15) is 0 Å². The molecule has 1 saturated heterocycles. The van der Waals surface area contributed by atoms with Crippen LogP contribution in [-0.2, 0) is 9.53 Å². The van der Waals surface area contributed by atoms with Crippen LogP contribution in [0.15, 0.2) is 18.2 Å². The number of rotatable bonds is 4. The first-order chi connectivity index (χ1) is 14.5. The molecular formula is C23H28N2O5. The number of carbonyl (C=O) groups excluding carboxylic acids is 4. The monoisotopic (exact) mass is 412 g/mol. The van der Waals surface area contributed by atoms with Crippen molar-refractivity contribution in [1.82, 2.24) is 9.80 Å². The standard InChI is InChI=1S/C23H28N2O5/c1-15-7-5-6-12-24(15)20(26)14-30-23(29)16-10-11-18-19(13-16)22(28)25(21(18)27)17-8-3-2-4-9-17/h10-11,13,15,17H,2-9,12,14H2,1H3. The van der Waals surface area contributed by atoms with Crippen molar-refractivity contribution in [1.29, 1.82) is 0 Å². The van der Waals surface area contributed by atoms with Crippen LogP contribution in [0.2, 0.25) is 0 Å². The van der Waals surface area contributed by atoms with Gasteiger partial charge >= 0.3 is 5.97 Å². The number of amides is 3. The van der Waals surface area contributed by atoms with Gasteiger partial charge in [0.05, 0.1) is 16.7 Å². The van der Waals surface area contributed by atoms with Gasteiger partial charge in [0.1, 0.15) is 0 Å². The van der Waals surface area contributed by atoms with Gasteiger partial charge in [0.25, 0.3) is 17.7 Å². The maximum Gasteiger partial charge on any atom is 0.338 e. The van der Waals surface area contributed by atoms with E-state index in [4.69, 9.17) is 4.74 Å². The molecule has 4 rings (SSSR count). The molecule has 1 aromatic rings. The number of ether oxygens (including phenoxy) is 1. The third kappa shape index (κ3) is 3.85. The number of benzene rings is 1. The SMILES string of the molecule is CC1CCCCN1C(=O)COC(=O)c1ccc2c(c1)C(=O)N(C1CCCCC1)C2=O. The number of imide groups is 1. The summed E-state index contributed by atoms with van der Waals surface area (Å²) >= 11 is 0. The highest BCUT2D eigenvalue weighted by molar-refractivity contribution is 6.22. The minimum Gasteiger partial charge on any atom is -0.452 e. The fraction of sp³-hybridized carbons (Fsp3) is 0.565. The number of hydrogen-bond donors (Lipinski definition) is 0. The van der Waals surface area contributed by atoms with E-state index in [2.05, 4.69) is 0 Å². The molecule has 2 fully saturated rings. The lowest BCUT2D eigenvalue weighted by atomic mass is 9.94. The molecule has 0 spiro atoms. The molecule has 2 aliphatic heterocycles. The van der Waals surface area contributed by atoms with Gasteiger partial charge in [-0.15, -0.1) is 0 Å². The zero-order chi connectivity index (χ0) is 21.3. The summed E-state index contributed by atoms with van der Waals surface area (Å²) in [6.07, 6.45) is 7.84. The molecular weight excluding hydrogens is 384 g/mol. The lowest BCUT2D eigenvalue weighted by molar-refractivity contribution is -0.137. The van der Waals surface area contributed by atoms with Crippen LogP contribution < -0.4 is 0 Å². The van der Waals surface area contributed by atoms with Crippen molar-refractivity contribution in [2.24, 2.45) is 0 Å². The zero-order valence-corrected chi connectivity index (χ0v) is 17.4. The molecule has 0 aromatic heterocycles. The predicted molar refractivity (Wildman–Crippen MR) is 109 cm³/mol. The average Bonchev–Trinajstić information content (AvgIpc) is 3.02. The number of carbonyl (C=O) groups is 4. The number of esters is 1. The van der Waals surface area contributed by atoms with Gasteiger partial charge < -0.3 is 9.64 Å². The molecule has 7 heteroatoms. The van der Waals surface area contributed by atoms with E-state index in [1.165, 1.54) is 23.1 Å². The van der Waals surface area contributed by atoms with Gasteiger partial charge in [-0.25, -0.2) is 4.79 Å². The summed E-state index contributed by atoms with van der Waals surface area (Å²) < 4.78 is 5.22. The van der Waals surface area contributed by atoms with Gasteiger partial charge in [0.2, 0.25) is 0 Å². The van der Waals surface area contributed by atoms with E-state index in [1.807, 2.05) is 6.92 Å². The molecule has 0 bridgehead atoms. The predicted octanol–water partition coefficient (Wildman–Crippen LogP) is 3.17. The topological polar surface area (TPSA) is 84.0 Å². The van der Waals surface area contributed by atoms with Crippen molar-refractivity contribution in [2.75, 3.05) is 13.2 Å². The van der Waals surface area contributed by atoms with Crippen LogP contribution in [-0.4, -0.2) is 58.7 Å². The smallest absolute Gasteiger partial charge is 0.338 e. The quantitative estimate of drug-likeness (QED) is 0.560. The van der Waals surface area contributed by atoms with E-state index in [1.54, 1.807) is 4.90 Å². The Morgan fingerprint density at radius 1 is 0.967 bits per heavy atom. The largest absolute Gasteiger partial charge is 0.452 e. The number of nitrogens with zero attached hydrogens (tertiary/aromatic N) is 2. The fourth-order valence-corrected chi connectivity index (χ4v) is 4.82. The second-order valence-electron chi connectivity index (χ2n) is 8.54. The Bertz CT molecular complexity index is 874. The summed E-state index contributed by atoms with van der Waals surface area (Å²) in [6.45, 7) is 2.37. The van der Waals surface area contributed by atoms with Gasteiger partial charge in [-0.05, 0) is 57.2 Å². The number of hydrogen-bond acceptors (Lipinski definition) is 5. The van der Waals surface area contributed by atoms with Crippen LogP contribution in [0.1, 0.15) is 89.4 Å². The summed E-state index contributed by atoms with van der Waals surface area (Å²) in [6, 6.07) is 4.52. The molecule has 1 unspecified atom stereocenters. The molecule has 7 nitrogen and oxygen atoms in total. The number of fused-ring (bicyclic) bond motifs is 1. The van der Waals surface area contributed by atoms with E-state index in [0.717, 1.165) is 51.4 Å². The van der Waals surface area contributed by atoms with Crippen LogP contribution in [0.5, 0.6) is 0 Å². The summed E-state index contributed by atoms with van der Waals surface area (Å²) in [7, 11) is 0.